The Morgan fingerprint density at radius 1 is 1.33 bits per heavy atom. The van der Waals surface area contributed by atoms with Crippen molar-refractivity contribution in [3.63, 3.8) is 0 Å². The highest BCUT2D eigenvalue weighted by Crippen LogP contribution is 2.57. The number of pyridine rings is 1. The summed E-state index contributed by atoms with van der Waals surface area (Å²) in [6.45, 7) is 0. The van der Waals surface area contributed by atoms with Gasteiger partial charge in [0.2, 0.25) is 0 Å². The van der Waals surface area contributed by atoms with Gasteiger partial charge in [0.05, 0.1) is 5.56 Å². The lowest BCUT2D eigenvalue weighted by Gasteiger charge is -2.19. The summed E-state index contributed by atoms with van der Waals surface area (Å²) >= 11 is 3.34. The van der Waals surface area contributed by atoms with E-state index in [1.807, 2.05) is 6.07 Å². The van der Waals surface area contributed by atoms with Gasteiger partial charge in [-0.25, -0.2) is 14.5 Å². The molecule has 2 aliphatic carbocycles. The third kappa shape index (κ3) is 2.42. The summed E-state index contributed by atoms with van der Waals surface area (Å²) in [5.74, 6) is 3.67. The van der Waals surface area contributed by atoms with Gasteiger partial charge < -0.3 is 5.32 Å². The van der Waals surface area contributed by atoms with Crippen LogP contribution in [0.4, 0.5) is 5.82 Å². The molecular weight excluding hydrogens is 370 g/mol. The summed E-state index contributed by atoms with van der Waals surface area (Å²) in [5, 5.41) is 11.9. The first-order chi connectivity index (χ1) is 11.6. The van der Waals surface area contributed by atoms with Crippen molar-refractivity contribution in [2.75, 3.05) is 12.4 Å². The summed E-state index contributed by atoms with van der Waals surface area (Å²) in [7, 11) is 1.76. The molecule has 3 atom stereocenters. The van der Waals surface area contributed by atoms with Gasteiger partial charge in [0.25, 0.3) is 5.56 Å². The van der Waals surface area contributed by atoms with E-state index in [-0.39, 0.29) is 11.5 Å². The van der Waals surface area contributed by atoms with Crippen LogP contribution in [0.15, 0.2) is 27.6 Å². The summed E-state index contributed by atoms with van der Waals surface area (Å²) in [6.07, 6.45) is 4.96. The lowest BCUT2D eigenvalue weighted by Crippen LogP contribution is -2.28. The second kappa shape index (κ2) is 5.71. The van der Waals surface area contributed by atoms with Crippen LogP contribution in [0.3, 0.4) is 0 Å². The monoisotopic (exact) mass is 385 g/mol. The maximum Gasteiger partial charge on any atom is 0.275 e. The molecule has 2 aromatic heterocycles. The largest absolute Gasteiger partial charge is 0.372 e. The van der Waals surface area contributed by atoms with Crippen molar-refractivity contribution in [3.8, 4) is 11.9 Å². The lowest BCUT2D eigenvalue weighted by atomic mass is 10.0. The molecular formula is C17H16BrN5O. The van der Waals surface area contributed by atoms with E-state index in [1.54, 1.807) is 23.7 Å². The Balaban J connectivity index is 1.88. The highest BCUT2D eigenvalue weighted by molar-refractivity contribution is 9.10. The number of rotatable bonds is 3. The lowest BCUT2D eigenvalue weighted by molar-refractivity contribution is 0.566. The molecule has 2 heterocycles. The molecule has 0 bridgehead atoms. The molecule has 1 N–H and O–H groups in total. The van der Waals surface area contributed by atoms with E-state index in [0.717, 1.165) is 30.5 Å². The molecule has 4 rings (SSSR count). The predicted octanol–water partition coefficient (Wildman–Crippen LogP) is 2.82. The minimum atomic E-state index is -0.179. The van der Waals surface area contributed by atoms with Gasteiger partial charge in [-0.1, -0.05) is 0 Å². The Kier molecular flexibility index (Phi) is 3.65. The Labute approximate surface area is 147 Å². The van der Waals surface area contributed by atoms with Gasteiger partial charge in [0, 0.05) is 19.2 Å². The molecule has 24 heavy (non-hydrogen) atoms. The van der Waals surface area contributed by atoms with Crippen LogP contribution in [-0.2, 0) is 0 Å². The average molecular weight is 386 g/mol. The van der Waals surface area contributed by atoms with Crippen molar-refractivity contribution >= 4 is 21.7 Å². The highest BCUT2D eigenvalue weighted by Gasteiger charge is 2.47. The Morgan fingerprint density at radius 2 is 2.08 bits per heavy atom. The number of nitriles is 1. The summed E-state index contributed by atoms with van der Waals surface area (Å²) in [6, 6.07) is 5.42. The highest BCUT2D eigenvalue weighted by atomic mass is 79.9. The van der Waals surface area contributed by atoms with Gasteiger partial charge in [-0.15, -0.1) is 0 Å². The fourth-order valence-corrected chi connectivity index (χ4v) is 4.15. The van der Waals surface area contributed by atoms with Gasteiger partial charge in [-0.2, -0.15) is 5.26 Å². The van der Waals surface area contributed by atoms with E-state index in [0.29, 0.717) is 21.7 Å². The molecule has 0 radical (unpaired) electrons. The zero-order valence-electron chi connectivity index (χ0n) is 13.2. The van der Waals surface area contributed by atoms with Crippen LogP contribution in [0.5, 0.6) is 0 Å². The molecule has 2 saturated carbocycles. The van der Waals surface area contributed by atoms with Crippen LogP contribution in [0.1, 0.15) is 36.6 Å². The van der Waals surface area contributed by atoms with Gasteiger partial charge in [-0.05, 0) is 59.2 Å². The molecule has 0 spiro atoms. The standard InChI is InChI=1S/C17H16BrN5O/c1-20-15-14(18)17(24)23(13-3-2-9(7-19)8-21-13)16(22-15)12-5-10-4-11(10)6-12/h2-3,8,10-12,20H,4-6H2,1H3/t10-,11+,12?. The molecule has 2 aliphatic rings. The van der Waals surface area contributed by atoms with Crippen molar-refractivity contribution in [3.05, 3.63) is 44.5 Å². The molecule has 0 saturated heterocycles. The zero-order chi connectivity index (χ0) is 16.8. The zero-order valence-corrected chi connectivity index (χ0v) is 14.7. The minimum Gasteiger partial charge on any atom is -0.372 e. The number of fused-ring (bicyclic) bond motifs is 1. The van der Waals surface area contributed by atoms with Gasteiger partial charge >= 0.3 is 0 Å². The summed E-state index contributed by atoms with van der Waals surface area (Å²) in [5.41, 5.74) is 0.288. The molecule has 1 unspecified atom stereocenters. The third-order valence-electron chi connectivity index (χ3n) is 5.01. The van der Waals surface area contributed by atoms with E-state index in [2.05, 4.69) is 26.2 Å². The number of halogens is 1. The number of hydrogen-bond acceptors (Lipinski definition) is 5. The van der Waals surface area contributed by atoms with E-state index < -0.39 is 0 Å². The molecule has 0 aliphatic heterocycles. The number of aromatic nitrogens is 3. The first-order valence-corrected chi connectivity index (χ1v) is 8.78. The predicted molar refractivity (Wildman–Crippen MR) is 93.2 cm³/mol. The first-order valence-electron chi connectivity index (χ1n) is 7.99. The second-order valence-electron chi connectivity index (χ2n) is 6.46. The van der Waals surface area contributed by atoms with Crippen molar-refractivity contribution < 1.29 is 0 Å². The first kappa shape index (κ1) is 15.3. The van der Waals surface area contributed by atoms with Gasteiger partial charge in [0.15, 0.2) is 0 Å². The van der Waals surface area contributed by atoms with E-state index >= 15 is 0 Å². The van der Waals surface area contributed by atoms with Crippen LogP contribution in [-0.4, -0.2) is 21.6 Å². The quantitative estimate of drug-likeness (QED) is 0.877. The van der Waals surface area contributed by atoms with Crippen molar-refractivity contribution in [1.82, 2.24) is 14.5 Å². The van der Waals surface area contributed by atoms with E-state index in [4.69, 9.17) is 10.2 Å². The van der Waals surface area contributed by atoms with E-state index in [9.17, 15) is 4.79 Å². The maximum absolute atomic E-state index is 12.9. The third-order valence-corrected chi connectivity index (χ3v) is 5.72. The van der Waals surface area contributed by atoms with Crippen LogP contribution < -0.4 is 10.9 Å². The summed E-state index contributed by atoms with van der Waals surface area (Å²) < 4.78 is 1.98. The average Bonchev–Trinajstić information content (AvgIpc) is 3.22. The molecule has 2 fully saturated rings. The topological polar surface area (TPSA) is 83.6 Å². The molecule has 0 amide bonds. The van der Waals surface area contributed by atoms with Crippen molar-refractivity contribution in [2.45, 2.75) is 25.2 Å². The van der Waals surface area contributed by atoms with Crippen LogP contribution in [0.25, 0.3) is 5.82 Å². The Hall–Kier alpha value is -2.20. The fraction of sp³-hybridized carbons (Fsp3) is 0.412. The number of nitrogens with one attached hydrogen (secondary N) is 1. The van der Waals surface area contributed by atoms with Crippen LogP contribution in [0.2, 0.25) is 0 Å². The Morgan fingerprint density at radius 3 is 2.67 bits per heavy atom. The SMILES string of the molecule is CNc1nc(C2C[C@@H]3C[C@@H]3C2)n(-c2ccc(C#N)cn2)c(=O)c1Br. The minimum absolute atomic E-state index is 0.179. The maximum atomic E-state index is 12.9. The van der Waals surface area contributed by atoms with Crippen molar-refractivity contribution in [1.29, 1.82) is 5.26 Å². The van der Waals surface area contributed by atoms with Crippen molar-refractivity contribution in [2.24, 2.45) is 11.8 Å². The number of nitrogens with zero attached hydrogens (tertiary/aromatic N) is 4. The molecule has 7 heteroatoms. The Bertz CT molecular complexity index is 889. The van der Waals surface area contributed by atoms with Crippen LogP contribution >= 0.6 is 15.9 Å². The fourth-order valence-electron chi connectivity index (χ4n) is 3.69. The second-order valence-corrected chi connectivity index (χ2v) is 7.26. The number of hydrogen-bond donors (Lipinski definition) is 1. The smallest absolute Gasteiger partial charge is 0.275 e. The molecule has 0 aromatic carbocycles. The van der Waals surface area contributed by atoms with E-state index in [1.165, 1.54) is 12.6 Å². The molecule has 6 nitrogen and oxygen atoms in total. The van der Waals surface area contributed by atoms with Gasteiger partial charge in [-0.3, -0.25) is 4.79 Å². The number of anilines is 1. The summed E-state index contributed by atoms with van der Waals surface area (Å²) in [4.78, 5) is 21.9. The van der Waals surface area contributed by atoms with Crippen LogP contribution in [0, 0.1) is 23.2 Å². The molecule has 2 aromatic rings. The normalized spacial score (nSPS) is 24.3. The molecule has 122 valence electrons. The van der Waals surface area contributed by atoms with Gasteiger partial charge in [0.1, 0.15) is 28.0 Å².